The Morgan fingerprint density at radius 1 is 2.00 bits per heavy atom. The molecule has 4 nitrogen and oxygen atoms in total. The van der Waals surface area contributed by atoms with Gasteiger partial charge >= 0.3 is 6.09 Å². The van der Waals surface area contributed by atoms with Gasteiger partial charge in [-0.15, -0.1) is 12.1 Å². The van der Waals surface area contributed by atoms with Crippen molar-refractivity contribution >= 4 is 6.09 Å². The van der Waals surface area contributed by atoms with Crippen molar-refractivity contribution < 1.29 is 9.63 Å². The molecule has 0 saturated carbocycles. The van der Waals surface area contributed by atoms with Crippen LogP contribution >= 0.6 is 0 Å². The van der Waals surface area contributed by atoms with Crippen molar-refractivity contribution in [3.63, 3.8) is 0 Å². The number of nitrogens with one attached hydrogen (secondary N) is 2. The highest BCUT2D eigenvalue weighted by molar-refractivity contribution is 5.63. The van der Waals surface area contributed by atoms with Gasteiger partial charge in [-0.25, -0.2) is 10.5 Å². The Morgan fingerprint density at radius 2 is 2.62 bits per heavy atom. The van der Waals surface area contributed by atoms with Crippen molar-refractivity contribution in [1.82, 2.24) is 11.2 Å². The van der Waals surface area contributed by atoms with Crippen LogP contribution in [0.2, 0.25) is 0 Å². The van der Waals surface area contributed by atoms with E-state index >= 15 is 0 Å². The first-order valence-corrected chi connectivity index (χ1v) is 2.03. The predicted molar refractivity (Wildman–Crippen MR) is 27.8 cm³/mol. The molecule has 0 aromatic carbocycles. The van der Waals surface area contributed by atoms with Gasteiger partial charge in [-0.05, 0) is 0 Å². The number of carbonyl (C=O) groups is 1. The second-order valence-electron chi connectivity index (χ2n) is 1.03. The predicted octanol–water partition coefficient (Wildman–Crippen LogP) is 0.0965. The molecule has 0 aromatic heterocycles. The third-order valence-electron chi connectivity index (χ3n) is 0.393. The SMILES string of the molecule is C=CCNOC([NH])=O. The van der Waals surface area contributed by atoms with Crippen LogP contribution in [0.15, 0.2) is 12.7 Å². The second kappa shape index (κ2) is 4.14. The molecular formula is C4H7N2O2. The van der Waals surface area contributed by atoms with Crippen molar-refractivity contribution in [2.45, 2.75) is 0 Å². The Kier molecular flexibility index (Phi) is 3.60. The third-order valence-corrected chi connectivity index (χ3v) is 0.393. The Bertz CT molecular complexity index is 92.0. The first kappa shape index (κ1) is 6.97. The van der Waals surface area contributed by atoms with Crippen LogP contribution in [0.25, 0.3) is 0 Å². The van der Waals surface area contributed by atoms with Crippen molar-refractivity contribution in [2.75, 3.05) is 6.54 Å². The summed E-state index contributed by atoms with van der Waals surface area (Å²) in [5, 5.41) is 0. The Morgan fingerprint density at radius 3 is 3.00 bits per heavy atom. The van der Waals surface area contributed by atoms with Crippen LogP contribution in [0.5, 0.6) is 0 Å². The summed E-state index contributed by atoms with van der Waals surface area (Å²) in [4.78, 5) is 13.7. The van der Waals surface area contributed by atoms with E-state index in [1.165, 1.54) is 6.08 Å². The molecule has 4 heteroatoms. The van der Waals surface area contributed by atoms with Gasteiger partial charge in [-0.3, -0.25) is 0 Å². The second-order valence-corrected chi connectivity index (χ2v) is 1.03. The molecule has 0 atom stereocenters. The first-order valence-electron chi connectivity index (χ1n) is 2.03. The van der Waals surface area contributed by atoms with Crippen LogP contribution in [-0.4, -0.2) is 12.6 Å². The lowest BCUT2D eigenvalue weighted by Gasteiger charge is -1.95. The van der Waals surface area contributed by atoms with Crippen molar-refractivity contribution in [3.8, 4) is 0 Å². The Hall–Kier alpha value is -1.03. The van der Waals surface area contributed by atoms with E-state index in [0.29, 0.717) is 6.54 Å². The average Bonchev–Trinajstić information content (AvgIpc) is 1.66. The monoisotopic (exact) mass is 115 g/mol. The minimum atomic E-state index is -1.09. The van der Waals surface area contributed by atoms with Gasteiger partial charge in [-0.2, -0.15) is 0 Å². The molecule has 0 spiro atoms. The van der Waals surface area contributed by atoms with Gasteiger partial charge in [0.05, 0.1) is 0 Å². The number of hydrogen-bond acceptors (Lipinski definition) is 3. The molecule has 1 radical (unpaired) electrons. The maximum atomic E-state index is 9.67. The van der Waals surface area contributed by atoms with Crippen LogP contribution in [-0.2, 0) is 4.84 Å². The molecule has 0 saturated heterocycles. The fourth-order valence-electron chi connectivity index (χ4n) is 0.166. The summed E-state index contributed by atoms with van der Waals surface area (Å²) in [5.41, 5.74) is 8.38. The third kappa shape index (κ3) is 4.97. The van der Waals surface area contributed by atoms with Crippen molar-refractivity contribution in [2.24, 2.45) is 0 Å². The Balaban J connectivity index is 2.93. The molecule has 0 bridgehead atoms. The van der Waals surface area contributed by atoms with E-state index in [2.05, 4.69) is 16.9 Å². The van der Waals surface area contributed by atoms with E-state index in [4.69, 9.17) is 5.73 Å². The van der Waals surface area contributed by atoms with Crippen molar-refractivity contribution in [3.05, 3.63) is 12.7 Å². The molecule has 0 rings (SSSR count). The summed E-state index contributed by atoms with van der Waals surface area (Å²) in [7, 11) is 0. The molecule has 0 aliphatic heterocycles. The minimum absolute atomic E-state index is 0.366. The van der Waals surface area contributed by atoms with E-state index in [9.17, 15) is 4.79 Å². The van der Waals surface area contributed by atoms with Crippen LogP contribution in [0, 0.1) is 0 Å². The highest BCUT2D eigenvalue weighted by Crippen LogP contribution is 1.65. The van der Waals surface area contributed by atoms with Crippen LogP contribution in [0.1, 0.15) is 0 Å². The summed E-state index contributed by atoms with van der Waals surface area (Å²) in [5.74, 6) is 0. The number of amides is 1. The molecule has 0 aromatic rings. The lowest BCUT2D eigenvalue weighted by Crippen LogP contribution is -2.18. The fraction of sp³-hybridized carbons (Fsp3) is 0.250. The number of hydrogen-bond donors (Lipinski definition) is 1. The van der Waals surface area contributed by atoms with E-state index in [-0.39, 0.29) is 0 Å². The highest BCUT2D eigenvalue weighted by Gasteiger charge is 1.88. The Labute approximate surface area is 47.3 Å². The molecule has 0 fully saturated rings. The summed E-state index contributed by atoms with van der Waals surface area (Å²) in [6, 6.07) is 0. The number of rotatable bonds is 3. The molecule has 0 aliphatic rings. The summed E-state index contributed by atoms with van der Waals surface area (Å²) in [6.07, 6.45) is 0.426. The molecule has 8 heavy (non-hydrogen) atoms. The van der Waals surface area contributed by atoms with E-state index < -0.39 is 6.09 Å². The fourth-order valence-corrected chi connectivity index (χ4v) is 0.166. The normalized spacial score (nSPS) is 8.00. The summed E-state index contributed by atoms with van der Waals surface area (Å²) in [6.45, 7) is 3.71. The van der Waals surface area contributed by atoms with Gasteiger partial charge in [-0.1, -0.05) is 6.08 Å². The van der Waals surface area contributed by atoms with Gasteiger partial charge in [0.25, 0.3) is 0 Å². The summed E-state index contributed by atoms with van der Waals surface area (Å²) < 4.78 is 0. The highest BCUT2D eigenvalue weighted by atomic mass is 16.7. The maximum Gasteiger partial charge on any atom is 0.445 e. The minimum Gasteiger partial charge on any atom is -0.352 e. The van der Waals surface area contributed by atoms with E-state index in [0.717, 1.165) is 0 Å². The molecule has 0 unspecified atom stereocenters. The van der Waals surface area contributed by atoms with Crippen molar-refractivity contribution in [1.29, 1.82) is 0 Å². The summed E-state index contributed by atoms with van der Waals surface area (Å²) >= 11 is 0. The number of hydroxylamine groups is 1. The largest absolute Gasteiger partial charge is 0.445 e. The maximum absolute atomic E-state index is 9.67. The molecular weight excluding hydrogens is 108 g/mol. The van der Waals surface area contributed by atoms with Gasteiger partial charge in [0.2, 0.25) is 0 Å². The van der Waals surface area contributed by atoms with Gasteiger partial charge < -0.3 is 4.84 Å². The molecule has 0 aliphatic carbocycles. The smallest absolute Gasteiger partial charge is 0.352 e. The van der Waals surface area contributed by atoms with Gasteiger partial charge in [0.1, 0.15) is 0 Å². The van der Waals surface area contributed by atoms with E-state index in [1.54, 1.807) is 0 Å². The zero-order chi connectivity index (χ0) is 6.41. The number of carbonyl (C=O) groups excluding carboxylic acids is 1. The lowest BCUT2D eigenvalue weighted by atomic mass is 10.7. The van der Waals surface area contributed by atoms with Crippen LogP contribution in [0.3, 0.4) is 0 Å². The molecule has 2 N–H and O–H groups in total. The van der Waals surface area contributed by atoms with Crippen LogP contribution in [0.4, 0.5) is 4.79 Å². The lowest BCUT2D eigenvalue weighted by molar-refractivity contribution is 0.103. The van der Waals surface area contributed by atoms with Gasteiger partial charge in [0.15, 0.2) is 0 Å². The first-order chi connectivity index (χ1) is 3.77. The average molecular weight is 115 g/mol. The quantitative estimate of drug-likeness (QED) is 0.322. The van der Waals surface area contributed by atoms with Crippen LogP contribution < -0.4 is 11.2 Å². The zero-order valence-corrected chi connectivity index (χ0v) is 4.31. The standard InChI is InChI=1S/C4H7N2O2/c1-2-3-6-8-4(5)7/h2,5-6H,1,3H2. The van der Waals surface area contributed by atoms with E-state index in [1.807, 2.05) is 0 Å². The molecule has 1 amide bonds. The molecule has 45 valence electrons. The molecule has 0 heterocycles. The zero-order valence-electron chi connectivity index (χ0n) is 4.31. The van der Waals surface area contributed by atoms with Gasteiger partial charge in [0, 0.05) is 6.54 Å². The topological polar surface area (TPSA) is 62.1 Å².